The number of piperazine rings is 1. The highest BCUT2D eigenvalue weighted by molar-refractivity contribution is 5.55. The molecule has 19 heavy (non-hydrogen) atoms. The third-order valence-electron chi connectivity index (χ3n) is 4.03. The fraction of sp³-hybridized carbons (Fsp3) is 0.625. The van der Waals surface area contributed by atoms with E-state index in [1.54, 1.807) is 0 Å². The van der Waals surface area contributed by atoms with E-state index < -0.39 is 0 Å². The van der Waals surface area contributed by atoms with E-state index in [2.05, 4.69) is 48.8 Å². The van der Waals surface area contributed by atoms with Crippen molar-refractivity contribution < 1.29 is 0 Å². The van der Waals surface area contributed by atoms with E-state index in [0.717, 1.165) is 39.1 Å². The average molecular weight is 261 g/mol. The van der Waals surface area contributed by atoms with Crippen LogP contribution in [0.2, 0.25) is 0 Å². The van der Waals surface area contributed by atoms with Gasteiger partial charge in [0.15, 0.2) is 0 Å². The summed E-state index contributed by atoms with van der Waals surface area (Å²) in [5.74, 6) is 0. The molecule has 1 aromatic carbocycles. The molecule has 1 aliphatic heterocycles. The number of benzene rings is 1. The highest BCUT2D eigenvalue weighted by Crippen LogP contribution is 2.24. The molecule has 1 saturated heterocycles. The van der Waals surface area contributed by atoms with Crippen molar-refractivity contribution in [2.45, 2.75) is 33.2 Å². The van der Waals surface area contributed by atoms with Crippen molar-refractivity contribution in [1.29, 1.82) is 0 Å². The minimum atomic E-state index is 0.656. The molecule has 0 aromatic heterocycles. The van der Waals surface area contributed by atoms with Crippen molar-refractivity contribution in [3.63, 3.8) is 0 Å². The molecule has 106 valence electrons. The molecule has 0 amide bonds. The number of aryl methyl sites for hydroxylation is 1. The maximum atomic E-state index is 5.74. The lowest BCUT2D eigenvalue weighted by Gasteiger charge is -2.39. The van der Waals surface area contributed by atoms with E-state index in [0.29, 0.717) is 6.04 Å². The van der Waals surface area contributed by atoms with Crippen LogP contribution in [0.15, 0.2) is 18.2 Å². The Labute approximate surface area is 117 Å². The Bertz CT molecular complexity index is 406. The van der Waals surface area contributed by atoms with Gasteiger partial charge in [0.05, 0.1) is 0 Å². The Balaban J connectivity index is 2.10. The quantitative estimate of drug-likeness (QED) is 0.900. The zero-order valence-corrected chi connectivity index (χ0v) is 12.5. The molecule has 1 aliphatic rings. The number of rotatable bonds is 4. The molecule has 2 rings (SSSR count). The van der Waals surface area contributed by atoms with Gasteiger partial charge in [0.2, 0.25) is 0 Å². The smallest absolute Gasteiger partial charge is 0.0400 e. The Hall–Kier alpha value is -1.06. The van der Waals surface area contributed by atoms with Gasteiger partial charge >= 0.3 is 0 Å². The summed E-state index contributed by atoms with van der Waals surface area (Å²) in [7, 11) is 0. The summed E-state index contributed by atoms with van der Waals surface area (Å²) in [4.78, 5) is 5.07. The molecule has 1 aromatic rings. The summed E-state index contributed by atoms with van der Waals surface area (Å²) in [5, 5.41) is 0. The normalized spacial score (nSPS) is 17.2. The van der Waals surface area contributed by atoms with Gasteiger partial charge in [-0.3, -0.25) is 4.90 Å². The first-order chi connectivity index (χ1) is 9.11. The second-order valence-corrected chi connectivity index (χ2v) is 5.79. The fourth-order valence-electron chi connectivity index (χ4n) is 2.86. The van der Waals surface area contributed by atoms with E-state index in [1.165, 1.54) is 16.8 Å². The predicted molar refractivity (Wildman–Crippen MR) is 82.9 cm³/mol. The minimum absolute atomic E-state index is 0.656. The second kappa shape index (κ2) is 6.40. The lowest BCUT2D eigenvalue weighted by Crippen LogP contribution is -2.49. The maximum Gasteiger partial charge on any atom is 0.0400 e. The first kappa shape index (κ1) is 14.4. The summed E-state index contributed by atoms with van der Waals surface area (Å²) < 4.78 is 0. The lowest BCUT2D eigenvalue weighted by molar-refractivity contribution is 0.209. The minimum Gasteiger partial charge on any atom is -0.369 e. The molecule has 0 unspecified atom stereocenters. The second-order valence-electron chi connectivity index (χ2n) is 5.79. The molecule has 0 bridgehead atoms. The zero-order chi connectivity index (χ0) is 13.8. The topological polar surface area (TPSA) is 32.5 Å². The molecule has 0 radical (unpaired) electrons. The van der Waals surface area contributed by atoms with Gasteiger partial charge in [-0.1, -0.05) is 17.7 Å². The summed E-state index contributed by atoms with van der Waals surface area (Å²) >= 11 is 0. The van der Waals surface area contributed by atoms with Gasteiger partial charge in [-0.2, -0.15) is 0 Å². The highest BCUT2D eigenvalue weighted by Gasteiger charge is 2.20. The number of hydrogen-bond acceptors (Lipinski definition) is 3. The van der Waals surface area contributed by atoms with E-state index in [9.17, 15) is 0 Å². The van der Waals surface area contributed by atoms with Crippen molar-refractivity contribution in [2.24, 2.45) is 5.73 Å². The summed E-state index contributed by atoms with van der Waals surface area (Å²) in [6.45, 7) is 12.0. The van der Waals surface area contributed by atoms with Crippen molar-refractivity contribution in [3.8, 4) is 0 Å². The van der Waals surface area contributed by atoms with Gasteiger partial charge in [0.1, 0.15) is 0 Å². The highest BCUT2D eigenvalue weighted by atomic mass is 15.3. The molecular formula is C16H27N3. The van der Waals surface area contributed by atoms with Crippen LogP contribution in [-0.2, 0) is 6.42 Å². The third-order valence-corrected chi connectivity index (χ3v) is 4.03. The Kier molecular flexibility index (Phi) is 4.83. The summed E-state index contributed by atoms with van der Waals surface area (Å²) in [5.41, 5.74) is 9.86. The van der Waals surface area contributed by atoms with Crippen LogP contribution in [0.3, 0.4) is 0 Å². The maximum absolute atomic E-state index is 5.74. The standard InChI is InChI=1S/C16H27N3/c1-13(2)18-8-10-19(11-9-18)16-5-4-14(3)12-15(16)6-7-17/h4-5,12-13H,6-11,17H2,1-3H3. The van der Waals surface area contributed by atoms with Gasteiger partial charge in [-0.05, 0) is 45.4 Å². The van der Waals surface area contributed by atoms with E-state index in [1.807, 2.05) is 0 Å². The van der Waals surface area contributed by atoms with Gasteiger partial charge in [0, 0.05) is 37.9 Å². The molecule has 0 spiro atoms. The molecule has 3 heteroatoms. The lowest BCUT2D eigenvalue weighted by atomic mass is 10.0. The van der Waals surface area contributed by atoms with Crippen molar-refractivity contribution >= 4 is 5.69 Å². The van der Waals surface area contributed by atoms with Crippen LogP contribution in [0, 0.1) is 6.92 Å². The van der Waals surface area contributed by atoms with Crippen LogP contribution < -0.4 is 10.6 Å². The van der Waals surface area contributed by atoms with Crippen LogP contribution in [0.25, 0.3) is 0 Å². The molecule has 1 fully saturated rings. The van der Waals surface area contributed by atoms with Crippen LogP contribution in [-0.4, -0.2) is 43.7 Å². The van der Waals surface area contributed by atoms with Gasteiger partial charge in [-0.15, -0.1) is 0 Å². The summed E-state index contributed by atoms with van der Waals surface area (Å²) in [6.07, 6.45) is 0.974. The molecule has 0 aliphatic carbocycles. The Morgan fingerprint density at radius 2 is 1.84 bits per heavy atom. The summed E-state index contributed by atoms with van der Waals surface area (Å²) in [6, 6.07) is 7.43. The first-order valence-electron chi connectivity index (χ1n) is 7.40. The molecule has 3 nitrogen and oxygen atoms in total. The SMILES string of the molecule is Cc1ccc(N2CCN(C(C)C)CC2)c(CCN)c1. The van der Waals surface area contributed by atoms with Gasteiger partial charge in [-0.25, -0.2) is 0 Å². The van der Waals surface area contributed by atoms with Crippen LogP contribution in [0.4, 0.5) is 5.69 Å². The van der Waals surface area contributed by atoms with Gasteiger partial charge < -0.3 is 10.6 Å². The van der Waals surface area contributed by atoms with E-state index >= 15 is 0 Å². The number of anilines is 1. The number of nitrogens with two attached hydrogens (primary N) is 1. The molecule has 0 saturated carbocycles. The predicted octanol–water partition coefficient (Wildman–Crippen LogP) is 2.03. The van der Waals surface area contributed by atoms with Crippen LogP contribution in [0.1, 0.15) is 25.0 Å². The van der Waals surface area contributed by atoms with Gasteiger partial charge in [0.25, 0.3) is 0 Å². The monoisotopic (exact) mass is 261 g/mol. The fourth-order valence-corrected chi connectivity index (χ4v) is 2.86. The Morgan fingerprint density at radius 3 is 2.42 bits per heavy atom. The van der Waals surface area contributed by atoms with Crippen molar-refractivity contribution in [1.82, 2.24) is 4.90 Å². The molecule has 2 N–H and O–H groups in total. The zero-order valence-electron chi connectivity index (χ0n) is 12.5. The van der Waals surface area contributed by atoms with E-state index in [-0.39, 0.29) is 0 Å². The third kappa shape index (κ3) is 3.48. The van der Waals surface area contributed by atoms with E-state index in [4.69, 9.17) is 5.73 Å². The molecule has 0 atom stereocenters. The average Bonchev–Trinajstić information content (AvgIpc) is 2.39. The van der Waals surface area contributed by atoms with Crippen LogP contribution in [0.5, 0.6) is 0 Å². The first-order valence-corrected chi connectivity index (χ1v) is 7.40. The molecular weight excluding hydrogens is 234 g/mol. The number of hydrogen-bond donors (Lipinski definition) is 1. The largest absolute Gasteiger partial charge is 0.369 e. The Morgan fingerprint density at radius 1 is 1.16 bits per heavy atom. The molecule has 1 heterocycles. The van der Waals surface area contributed by atoms with Crippen LogP contribution >= 0.6 is 0 Å². The van der Waals surface area contributed by atoms with Crippen molar-refractivity contribution in [2.75, 3.05) is 37.6 Å². The number of nitrogens with zero attached hydrogens (tertiary/aromatic N) is 2. The van der Waals surface area contributed by atoms with Crippen molar-refractivity contribution in [3.05, 3.63) is 29.3 Å².